The predicted molar refractivity (Wildman–Crippen MR) is 101 cm³/mol. The van der Waals surface area contributed by atoms with E-state index in [0.717, 1.165) is 52.0 Å². The average Bonchev–Trinajstić information content (AvgIpc) is 3.25. The van der Waals surface area contributed by atoms with E-state index in [2.05, 4.69) is 31.1 Å². The smallest absolute Gasteiger partial charge is 0.220 e. The maximum absolute atomic E-state index is 5.91. The Bertz CT molecular complexity index is 1060. The molecule has 4 rings (SSSR count). The van der Waals surface area contributed by atoms with E-state index in [-0.39, 0.29) is 5.95 Å². The summed E-state index contributed by atoms with van der Waals surface area (Å²) in [4.78, 5) is 16.4. The van der Waals surface area contributed by atoms with Gasteiger partial charge in [-0.1, -0.05) is 0 Å². The summed E-state index contributed by atoms with van der Waals surface area (Å²) in [7, 11) is 1.89. The second-order valence-corrected chi connectivity index (χ2v) is 6.22. The topological polar surface area (TPSA) is 124 Å². The van der Waals surface area contributed by atoms with Crippen molar-refractivity contribution in [1.82, 2.24) is 29.7 Å². The van der Waals surface area contributed by atoms with Crippen molar-refractivity contribution in [2.75, 3.05) is 12.3 Å². The highest BCUT2D eigenvalue weighted by atomic mass is 15.2. The van der Waals surface area contributed by atoms with Crippen LogP contribution in [0.3, 0.4) is 0 Å². The number of nitrogens with one attached hydrogen (secondary N) is 1. The van der Waals surface area contributed by atoms with E-state index < -0.39 is 0 Å². The van der Waals surface area contributed by atoms with E-state index in [9.17, 15) is 0 Å². The number of pyridine rings is 1. The van der Waals surface area contributed by atoms with E-state index in [1.54, 1.807) is 4.68 Å². The summed E-state index contributed by atoms with van der Waals surface area (Å²) in [6.07, 6.45) is 9.15. The summed E-state index contributed by atoms with van der Waals surface area (Å²) in [5, 5.41) is 5.21. The molecule has 5 N–H and O–H groups in total. The third kappa shape index (κ3) is 3.02. The molecule has 0 amide bonds. The molecule has 132 valence electrons. The molecule has 0 aromatic carbocycles. The average molecular weight is 348 g/mol. The Hall–Kier alpha value is -3.26. The van der Waals surface area contributed by atoms with Crippen LogP contribution in [0.25, 0.3) is 33.4 Å². The highest BCUT2D eigenvalue weighted by Gasteiger charge is 2.13. The van der Waals surface area contributed by atoms with E-state index in [1.807, 2.05) is 37.9 Å². The largest absolute Gasteiger partial charge is 0.368 e. The summed E-state index contributed by atoms with van der Waals surface area (Å²) in [5.41, 5.74) is 16.9. The number of aromatic amines is 1. The van der Waals surface area contributed by atoms with E-state index in [0.29, 0.717) is 6.54 Å². The highest BCUT2D eigenvalue weighted by Crippen LogP contribution is 2.30. The van der Waals surface area contributed by atoms with Gasteiger partial charge in [0.15, 0.2) is 0 Å². The first-order chi connectivity index (χ1) is 12.6. The molecule has 0 saturated heterocycles. The molecule has 4 heterocycles. The monoisotopic (exact) mass is 348 g/mol. The Labute approximate surface area is 150 Å². The summed E-state index contributed by atoms with van der Waals surface area (Å²) in [6, 6.07) is 4.05. The molecule has 0 bridgehead atoms. The van der Waals surface area contributed by atoms with Gasteiger partial charge in [-0.05, 0) is 31.5 Å². The fourth-order valence-corrected chi connectivity index (χ4v) is 3.01. The number of nitrogen functional groups attached to an aromatic ring is 1. The molecule has 0 fully saturated rings. The van der Waals surface area contributed by atoms with Crippen molar-refractivity contribution in [2.24, 2.45) is 12.8 Å². The van der Waals surface area contributed by atoms with Gasteiger partial charge in [-0.25, -0.2) is 15.0 Å². The summed E-state index contributed by atoms with van der Waals surface area (Å²) in [6.45, 7) is 0.616. The van der Waals surface area contributed by atoms with Gasteiger partial charge in [0, 0.05) is 53.4 Å². The second kappa shape index (κ2) is 6.57. The molecule has 0 aliphatic heterocycles. The fourth-order valence-electron chi connectivity index (χ4n) is 3.01. The maximum Gasteiger partial charge on any atom is 0.220 e. The van der Waals surface area contributed by atoms with Gasteiger partial charge in [-0.15, -0.1) is 0 Å². The number of aromatic nitrogens is 6. The third-order valence-corrected chi connectivity index (χ3v) is 4.28. The highest BCUT2D eigenvalue weighted by molar-refractivity contribution is 5.95. The summed E-state index contributed by atoms with van der Waals surface area (Å²) >= 11 is 0. The van der Waals surface area contributed by atoms with Crippen LogP contribution in [0.5, 0.6) is 0 Å². The molecule has 4 aromatic heterocycles. The SMILES string of the molecule is Cn1cc(-c2cnc3[nH]cc(-c4cc(CCCN)nc(N)n4)c3c2)cn1. The van der Waals surface area contributed by atoms with Crippen LogP contribution in [0.15, 0.2) is 36.9 Å². The van der Waals surface area contributed by atoms with Crippen molar-refractivity contribution in [1.29, 1.82) is 0 Å². The molecule has 26 heavy (non-hydrogen) atoms. The van der Waals surface area contributed by atoms with Crippen LogP contribution in [0, 0.1) is 0 Å². The van der Waals surface area contributed by atoms with Gasteiger partial charge in [0.1, 0.15) is 5.65 Å². The molecule has 0 saturated carbocycles. The minimum absolute atomic E-state index is 0.264. The third-order valence-electron chi connectivity index (χ3n) is 4.28. The molecule has 8 heteroatoms. The molecule has 4 aromatic rings. The number of H-pyrrole nitrogens is 1. The molecular formula is C18H20N8. The number of hydrogen-bond donors (Lipinski definition) is 3. The quantitative estimate of drug-likeness (QED) is 0.506. The predicted octanol–water partition coefficient (Wildman–Crippen LogP) is 1.89. The van der Waals surface area contributed by atoms with Crippen molar-refractivity contribution in [3.63, 3.8) is 0 Å². The number of aryl methyl sites for hydroxylation is 2. The minimum Gasteiger partial charge on any atom is -0.368 e. The maximum atomic E-state index is 5.91. The van der Waals surface area contributed by atoms with Crippen LogP contribution >= 0.6 is 0 Å². The Morgan fingerprint density at radius 3 is 2.81 bits per heavy atom. The lowest BCUT2D eigenvalue weighted by Crippen LogP contribution is -2.04. The van der Waals surface area contributed by atoms with Crippen molar-refractivity contribution in [2.45, 2.75) is 12.8 Å². The molecule has 0 radical (unpaired) electrons. The van der Waals surface area contributed by atoms with Crippen LogP contribution in [0.4, 0.5) is 5.95 Å². The minimum atomic E-state index is 0.264. The number of nitrogens with two attached hydrogens (primary N) is 2. The van der Waals surface area contributed by atoms with Gasteiger partial charge in [-0.3, -0.25) is 4.68 Å². The van der Waals surface area contributed by atoms with E-state index in [4.69, 9.17) is 11.5 Å². The summed E-state index contributed by atoms with van der Waals surface area (Å²) < 4.78 is 1.77. The molecule has 0 aliphatic rings. The Balaban J connectivity index is 1.80. The molecular weight excluding hydrogens is 328 g/mol. The number of anilines is 1. The van der Waals surface area contributed by atoms with Crippen molar-refractivity contribution < 1.29 is 0 Å². The lowest BCUT2D eigenvalue weighted by molar-refractivity contribution is 0.768. The Morgan fingerprint density at radius 2 is 2.04 bits per heavy atom. The van der Waals surface area contributed by atoms with Crippen LogP contribution in [0.2, 0.25) is 0 Å². The van der Waals surface area contributed by atoms with Gasteiger partial charge in [0.05, 0.1) is 11.9 Å². The number of rotatable bonds is 5. The summed E-state index contributed by atoms with van der Waals surface area (Å²) in [5.74, 6) is 0.264. The van der Waals surface area contributed by atoms with Crippen LogP contribution in [0.1, 0.15) is 12.1 Å². The number of hydrogen-bond acceptors (Lipinski definition) is 6. The number of fused-ring (bicyclic) bond motifs is 1. The van der Waals surface area contributed by atoms with Gasteiger partial charge in [-0.2, -0.15) is 5.10 Å². The number of nitrogens with zero attached hydrogens (tertiary/aromatic N) is 5. The van der Waals surface area contributed by atoms with E-state index >= 15 is 0 Å². The zero-order chi connectivity index (χ0) is 18.1. The standard InChI is InChI=1S/C18H20N8/c1-26-10-12(8-23-26)11-5-14-15(9-22-17(14)21-7-11)16-6-13(3-2-4-19)24-18(20)25-16/h5-10H,2-4,19H2,1H3,(H,21,22)(H2,20,24,25). The normalized spacial score (nSPS) is 11.3. The zero-order valence-corrected chi connectivity index (χ0v) is 14.5. The first kappa shape index (κ1) is 16.2. The Kier molecular flexibility index (Phi) is 4.10. The van der Waals surface area contributed by atoms with Crippen molar-refractivity contribution in [3.05, 3.63) is 42.6 Å². The van der Waals surface area contributed by atoms with Crippen molar-refractivity contribution >= 4 is 17.0 Å². The van der Waals surface area contributed by atoms with Crippen LogP contribution < -0.4 is 11.5 Å². The second-order valence-electron chi connectivity index (χ2n) is 6.22. The molecule has 0 spiro atoms. The lowest BCUT2D eigenvalue weighted by atomic mass is 10.1. The zero-order valence-electron chi connectivity index (χ0n) is 14.5. The van der Waals surface area contributed by atoms with Crippen molar-refractivity contribution in [3.8, 4) is 22.4 Å². The molecule has 0 aliphatic carbocycles. The molecule has 8 nitrogen and oxygen atoms in total. The van der Waals surface area contributed by atoms with Crippen LogP contribution in [-0.4, -0.2) is 36.3 Å². The first-order valence-corrected chi connectivity index (χ1v) is 8.44. The van der Waals surface area contributed by atoms with Gasteiger partial charge < -0.3 is 16.5 Å². The lowest BCUT2D eigenvalue weighted by Gasteiger charge is -2.05. The van der Waals surface area contributed by atoms with Gasteiger partial charge in [0.2, 0.25) is 5.95 Å². The first-order valence-electron chi connectivity index (χ1n) is 8.44. The molecule has 0 atom stereocenters. The van der Waals surface area contributed by atoms with E-state index in [1.165, 1.54) is 0 Å². The van der Waals surface area contributed by atoms with Gasteiger partial charge in [0.25, 0.3) is 0 Å². The van der Waals surface area contributed by atoms with Crippen LogP contribution in [-0.2, 0) is 13.5 Å². The Morgan fingerprint density at radius 1 is 1.15 bits per heavy atom. The van der Waals surface area contributed by atoms with Gasteiger partial charge >= 0.3 is 0 Å². The fraction of sp³-hybridized carbons (Fsp3) is 0.222. The molecule has 0 unspecified atom stereocenters.